The monoisotopic (exact) mass is 542 g/mol. The molecule has 0 heterocycles. The van der Waals surface area contributed by atoms with Gasteiger partial charge in [-0.3, -0.25) is 0 Å². The number of halogens is 1. The van der Waals surface area contributed by atoms with E-state index < -0.39 is 19.8 Å². The molecule has 0 aliphatic rings. The molecule has 1 radical (unpaired) electrons. The summed E-state index contributed by atoms with van der Waals surface area (Å²) in [4.78, 5) is 0. The molecule has 0 nitrogen and oxygen atoms in total. The van der Waals surface area contributed by atoms with Crippen LogP contribution >= 0.6 is 0 Å². The van der Waals surface area contributed by atoms with E-state index in [9.17, 15) is 0 Å². The maximum atomic E-state index is 2.44. The summed E-state index contributed by atoms with van der Waals surface area (Å²) in [5.74, 6) is 0. The Balaban J connectivity index is 2.10. The molecule has 0 spiro atoms. The highest BCUT2D eigenvalue weighted by atomic mass is 127. The van der Waals surface area contributed by atoms with Crippen LogP contribution in [0.15, 0.2) is 30.3 Å². The molecule has 0 fully saturated rings. The van der Waals surface area contributed by atoms with Gasteiger partial charge in [-0.25, -0.2) is 0 Å². The Morgan fingerprint density at radius 2 is 0.742 bits per heavy atom. The van der Waals surface area contributed by atoms with Crippen LogP contribution < -0.4 is 19.8 Å². The van der Waals surface area contributed by atoms with Gasteiger partial charge in [0.05, 0.1) is 19.8 Å². The van der Waals surface area contributed by atoms with Gasteiger partial charge in [-0.15, -0.1) is 0 Å². The van der Waals surface area contributed by atoms with Gasteiger partial charge in [0, 0.05) is 0 Å². The fourth-order valence-electron chi connectivity index (χ4n) is 4.39. The van der Waals surface area contributed by atoms with E-state index in [1.165, 1.54) is 128 Å². The van der Waals surface area contributed by atoms with Crippen molar-refractivity contribution in [2.24, 2.45) is 0 Å². The van der Waals surface area contributed by atoms with Crippen molar-refractivity contribution in [3.63, 3.8) is 0 Å². The zero-order chi connectivity index (χ0) is 22.2. The Bertz CT molecular complexity index is 431. The third-order valence-electron chi connectivity index (χ3n) is 6.47. The Morgan fingerprint density at radius 3 is 1.10 bits per heavy atom. The second-order valence-electron chi connectivity index (χ2n) is 9.49. The van der Waals surface area contributed by atoms with Gasteiger partial charge in [0.15, 0.2) is 0 Å². The molecule has 1 aromatic rings. The summed E-state index contributed by atoms with van der Waals surface area (Å²) in [5.41, 5.74) is 0. The lowest BCUT2D eigenvalue weighted by Crippen LogP contribution is -3.87. The minimum absolute atomic E-state index is 0.946. The molecule has 181 valence electrons. The highest BCUT2D eigenvalue weighted by Crippen LogP contribution is 2.11. The predicted molar refractivity (Wildman–Crippen MR) is 139 cm³/mol. The molecule has 0 aliphatic heterocycles. The molecular weight excluding hydrogens is 487 g/mol. The largest absolute Gasteiger partial charge is 0.145 e. The second kappa shape index (κ2) is 23.1. The molecule has 31 heavy (non-hydrogen) atoms. The number of hydrogen-bond donors (Lipinski definition) is 0. The van der Waals surface area contributed by atoms with E-state index in [0.29, 0.717) is 0 Å². The molecular formula is C30H55I+. The van der Waals surface area contributed by atoms with Gasteiger partial charge >= 0.3 is 0 Å². The summed E-state index contributed by atoms with van der Waals surface area (Å²) >= 11 is -0.946. The van der Waals surface area contributed by atoms with Gasteiger partial charge in [0.1, 0.15) is 12.4 Å². The maximum Gasteiger partial charge on any atom is 0.145 e. The molecule has 0 unspecified atom stereocenters. The predicted octanol–water partition coefficient (Wildman–Crippen LogP) is 7.32. The number of rotatable bonds is 23. The summed E-state index contributed by atoms with van der Waals surface area (Å²) < 4.78 is 4.86. The number of alkyl halides is 2. The first kappa shape index (κ1) is 29.0. The molecule has 0 atom stereocenters. The Morgan fingerprint density at radius 1 is 0.419 bits per heavy atom. The standard InChI is InChI=1S/C30H55I/c1-3-5-7-9-11-13-15-17-19-24-28-31(30-26-22-21-23-27-30)29-25-20-18-16-14-12-10-8-6-4-2/h21-23,26-27H,3-20,24-25,28-29H2,1-2H3/q+1. The summed E-state index contributed by atoms with van der Waals surface area (Å²) in [6, 6.07) is 11.6. The Hall–Kier alpha value is -0.0500. The molecule has 0 aliphatic carbocycles. The van der Waals surface area contributed by atoms with Crippen molar-refractivity contribution in [3.8, 4) is 0 Å². The van der Waals surface area contributed by atoms with E-state index in [1.54, 1.807) is 12.4 Å². The van der Waals surface area contributed by atoms with Crippen LogP contribution in [0.1, 0.15) is 142 Å². The van der Waals surface area contributed by atoms with Crippen molar-refractivity contribution in [1.29, 1.82) is 0 Å². The van der Waals surface area contributed by atoms with Crippen LogP contribution in [0.5, 0.6) is 0 Å². The maximum absolute atomic E-state index is 2.44. The van der Waals surface area contributed by atoms with Crippen molar-refractivity contribution >= 4 is 0 Å². The fourth-order valence-corrected chi connectivity index (χ4v) is 10.5. The molecule has 1 rings (SSSR count). The van der Waals surface area contributed by atoms with Crippen molar-refractivity contribution in [2.45, 2.75) is 142 Å². The first-order valence-corrected chi connectivity index (χ1v) is 18.2. The summed E-state index contributed by atoms with van der Waals surface area (Å²) in [7, 11) is 0. The summed E-state index contributed by atoms with van der Waals surface area (Å²) in [6.45, 7) is 4.62. The number of unbranched alkanes of at least 4 members (excludes halogenated alkanes) is 18. The van der Waals surface area contributed by atoms with Crippen molar-refractivity contribution in [1.82, 2.24) is 0 Å². The smallest absolute Gasteiger partial charge is 0.0654 e. The fraction of sp³-hybridized carbons (Fsp3) is 0.800. The lowest BCUT2D eigenvalue weighted by atomic mass is 10.1. The topological polar surface area (TPSA) is 0 Å². The van der Waals surface area contributed by atoms with E-state index in [1.807, 2.05) is 0 Å². The third-order valence-corrected chi connectivity index (χ3v) is 13.1. The minimum atomic E-state index is -0.946. The second-order valence-corrected chi connectivity index (χ2v) is 15.5. The lowest BCUT2D eigenvalue weighted by Gasteiger charge is -2.08. The molecule has 0 amide bonds. The molecule has 0 saturated heterocycles. The van der Waals surface area contributed by atoms with Gasteiger partial charge in [0.25, 0.3) is 0 Å². The van der Waals surface area contributed by atoms with E-state index in [0.717, 1.165) is 0 Å². The van der Waals surface area contributed by atoms with Gasteiger partial charge in [0.2, 0.25) is 0 Å². The zero-order valence-electron chi connectivity index (χ0n) is 21.3. The normalized spacial score (nSPS) is 11.5. The average molecular weight is 543 g/mol. The molecule has 1 aromatic carbocycles. The first-order chi connectivity index (χ1) is 15.4. The minimum Gasteiger partial charge on any atom is -0.0654 e. The van der Waals surface area contributed by atoms with Crippen LogP contribution in [0.4, 0.5) is 0 Å². The molecule has 0 N–H and O–H groups in total. The van der Waals surface area contributed by atoms with Crippen LogP contribution in [0.3, 0.4) is 0 Å². The molecule has 0 aromatic heterocycles. The van der Waals surface area contributed by atoms with Gasteiger partial charge in [-0.1, -0.05) is 135 Å². The highest BCUT2D eigenvalue weighted by molar-refractivity contribution is 4.99. The third kappa shape index (κ3) is 18.1. The van der Waals surface area contributed by atoms with Gasteiger partial charge in [-0.2, -0.15) is 0 Å². The highest BCUT2D eigenvalue weighted by Gasteiger charge is 2.21. The van der Waals surface area contributed by atoms with Crippen LogP contribution in [0, 0.1) is 3.57 Å². The van der Waals surface area contributed by atoms with E-state index >= 15 is 0 Å². The zero-order valence-corrected chi connectivity index (χ0v) is 23.5. The van der Waals surface area contributed by atoms with Crippen molar-refractivity contribution in [3.05, 3.63) is 33.9 Å². The van der Waals surface area contributed by atoms with Gasteiger partial charge < -0.3 is 0 Å². The van der Waals surface area contributed by atoms with E-state index in [-0.39, 0.29) is 0 Å². The first-order valence-electron chi connectivity index (χ1n) is 14.0. The average Bonchev–Trinajstić information content (AvgIpc) is 2.80. The lowest BCUT2D eigenvalue weighted by molar-refractivity contribution is -0.878. The summed E-state index contributed by atoms with van der Waals surface area (Å²) in [6.07, 6.45) is 29.2. The van der Waals surface area contributed by atoms with Crippen molar-refractivity contribution < 1.29 is 19.8 Å². The summed E-state index contributed by atoms with van der Waals surface area (Å²) in [5, 5.41) is 0. The number of benzene rings is 1. The van der Waals surface area contributed by atoms with Crippen molar-refractivity contribution in [2.75, 3.05) is 8.86 Å². The molecule has 0 saturated carbocycles. The quantitative estimate of drug-likeness (QED) is 0.0772. The molecule has 1 heteroatoms. The number of hydrogen-bond acceptors (Lipinski definition) is 0. The van der Waals surface area contributed by atoms with Crippen LogP contribution in [0.2, 0.25) is 0 Å². The van der Waals surface area contributed by atoms with Gasteiger partial charge in [-0.05, 0) is 37.8 Å². The molecule has 0 bridgehead atoms. The van der Waals surface area contributed by atoms with Crippen LogP contribution in [-0.2, 0) is 0 Å². The van der Waals surface area contributed by atoms with E-state index in [4.69, 9.17) is 0 Å². The SMILES string of the molecule is CCCCCCCCCCCC[I+](CCCCCCCCCCCC)c1ccccc1. The van der Waals surface area contributed by atoms with Crippen LogP contribution in [-0.4, -0.2) is 8.86 Å². The van der Waals surface area contributed by atoms with Crippen LogP contribution in [0.25, 0.3) is 0 Å². The van der Waals surface area contributed by atoms with E-state index in [2.05, 4.69) is 44.2 Å². The Kier molecular flexibility index (Phi) is 21.6. The Labute approximate surface area is 204 Å².